The number of carbonyl (C=O) groups is 1. The smallest absolute Gasteiger partial charge is 0.312 e. The maximum absolute atomic E-state index is 12.3. The number of nitro groups is 1. The third-order valence-corrected chi connectivity index (χ3v) is 3.01. The van der Waals surface area contributed by atoms with Gasteiger partial charge in [0.1, 0.15) is 11.7 Å². The molecule has 0 heterocycles. The lowest BCUT2D eigenvalue weighted by molar-refractivity contribution is -0.534. The van der Waals surface area contributed by atoms with Gasteiger partial charge in [0.2, 0.25) is 0 Å². The van der Waals surface area contributed by atoms with E-state index >= 15 is 0 Å². The van der Waals surface area contributed by atoms with Gasteiger partial charge in [-0.25, -0.2) is 0 Å². The minimum Gasteiger partial charge on any atom is -0.460 e. The Kier molecular flexibility index (Phi) is 6.01. The molecule has 22 heavy (non-hydrogen) atoms. The van der Waals surface area contributed by atoms with Crippen LogP contribution in [0.5, 0.6) is 0 Å². The van der Waals surface area contributed by atoms with E-state index in [9.17, 15) is 20.0 Å². The fraction of sp³-hybridized carbons (Fsp3) is 0.533. The Balaban J connectivity index is 2.99. The zero-order valence-corrected chi connectivity index (χ0v) is 12.9. The van der Waals surface area contributed by atoms with Crippen molar-refractivity contribution in [2.75, 3.05) is 0 Å². The van der Waals surface area contributed by atoms with Gasteiger partial charge in [-0.15, -0.1) is 0 Å². The second kappa shape index (κ2) is 7.33. The van der Waals surface area contributed by atoms with Crippen LogP contribution >= 0.6 is 0 Å². The van der Waals surface area contributed by atoms with E-state index in [1.54, 1.807) is 45.0 Å². The quantitative estimate of drug-likeness (QED) is 0.352. The van der Waals surface area contributed by atoms with E-state index in [2.05, 4.69) is 0 Å². The Morgan fingerprint density at radius 2 is 1.91 bits per heavy atom. The van der Waals surface area contributed by atoms with Crippen LogP contribution < -0.4 is 5.73 Å². The molecule has 0 amide bonds. The monoisotopic (exact) mass is 310 g/mol. The molecule has 1 rings (SSSR count). The number of nitrogens with zero attached hydrogens (tertiary/aromatic N) is 1. The Morgan fingerprint density at radius 1 is 1.36 bits per heavy atom. The van der Waals surface area contributed by atoms with E-state index in [4.69, 9.17) is 10.5 Å². The van der Waals surface area contributed by atoms with Crippen LogP contribution in [0.1, 0.15) is 26.3 Å². The van der Waals surface area contributed by atoms with Crippen molar-refractivity contribution in [3.63, 3.8) is 0 Å². The van der Waals surface area contributed by atoms with Crippen LogP contribution in [0.3, 0.4) is 0 Å². The lowest BCUT2D eigenvalue weighted by Crippen LogP contribution is -2.49. The summed E-state index contributed by atoms with van der Waals surface area (Å²) in [6, 6.07) is 8.90. The molecular weight excluding hydrogens is 288 g/mol. The molecule has 3 unspecified atom stereocenters. The number of hydrogen-bond donors (Lipinski definition) is 2. The highest BCUT2D eigenvalue weighted by molar-refractivity contribution is 5.74. The van der Waals surface area contributed by atoms with Crippen molar-refractivity contribution < 1.29 is 19.6 Å². The second-order valence-electron chi connectivity index (χ2n) is 6.10. The van der Waals surface area contributed by atoms with Crippen LogP contribution in [0.2, 0.25) is 0 Å². The van der Waals surface area contributed by atoms with Gasteiger partial charge in [-0.2, -0.15) is 0 Å². The molecule has 0 fully saturated rings. The van der Waals surface area contributed by atoms with Crippen molar-refractivity contribution in [1.82, 2.24) is 0 Å². The molecule has 122 valence electrons. The fourth-order valence-electron chi connectivity index (χ4n) is 1.95. The predicted molar refractivity (Wildman–Crippen MR) is 80.5 cm³/mol. The number of ether oxygens (including phenoxy) is 1. The third-order valence-electron chi connectivity index (χ3n) is 3.01. The number of esters is 1. The number of carbonyl (C=O) groups excluding carboxylic acids is 1. The first kappa shape index (κ1) is 18.1. The average Bonchev–Trinajstić information content (AvgIpc) is 2.42. The van der Waals surface area contributed by atoms with E-state index in [-0.39, 0.29) is 6.42 Å². The summed E-state index contributed by atoms with van der Waals surface area (Å²) < 4.78 is 5.25. The van der Waals surface area contributed by atoms with Gasteiger partial charge in [-0.3, -0.25) is 20.6 Å². The van der Waals surface area contributed by atoms with Gasteiger partial charge in [0.15, 0.2) is 0 Å². The Hall–Kier alpha value is -1.99. The summed E-state index contributed by atoms with van der Waals surface area (Å²) in [7, 11) is 0. The molecule has 7 nitrogen and oxygen atoms in total. The molecule has 0 saturated carbocycles. The molecule has 0 aliphatic rings. The van der Waals surface area contributed by atoms with Crippen molar-refractivity contribution in [3.05, 3.63) is 46.0 Å². The lowest BCUT2D eigenvalue weighted by atomic mass is 9.92. The molecule has 3 N–H and O–H groups in total. The van der Waals surface area contributed by atoms with Gasteiger partial charge in [-0.05, 0) is 32.8 Å². The van der Waals surface area contributed by atoms with E-state index in [1.165, 1.54) is 0 Å². The summed E-state index contributed by atoms with van der Waals surface area (Å²) in [6.45, 7) is 5.05. The van der Waals surface area contributed by atoms with Crippen molar-refractivity contribution in [2.45, 2.75) is 45.1 Å². The topological polar surface area (TPSA) is 116 Å². The van der Waals surface area contributed by atoms with Gasteiger partial charge in [0, 0.05) is 4.92 Å². The van der Waals surface area contributed by atoms with Crippen LogP contribution in [0.4, 0.5) is 0 Å². The first-order valence-corrected chi connectivity index (χ1v) is 6.96. The van der Waals surface area contributed by atoms with E-state index in [0.29, 0.717) is 0 Å². The van der Waals surface area contributed by atoms with Gasteiger partial charge >= 0.3 is 5.97 Å². The zero-order valence-electron chi connectivity index (χ0n) is 12.9. The van der Waals surface area contributed by atoms with E-state index < -0.39 is 34.7 Å². The average molecular weight is 310 g/mol. The molecular formula is C15H22N2O5. The van der Waals surface area contributed by atoms with Crippen molar-refractivity contribution >= 4 is 5.97 Å². The fourth-order valence-corrected chi connectivity index (χ4v) is 1.95. The summed E-state index contributed by atoms with van der Waals surface area (Å²) in [5.41, 5.74) is 5.36. The largest absolute Gasteiger partial charge is 0.460 e. The molecule has 7 heteroatoms. The van der Waals surface area contributed by atoms with Crippen molar-refractivity contribution in [1.29, 1.82) is 0 Å². The molecule has 3 atom stereocenters. The maximum atomic E-state index is 12.3. The summed E-state index contributed by atoms with van der Waals surface area (Å²) in [4.78, 5) is 22.2. The first-order valence-electron chi connectivity index (χ1n) is 6.96. The second-order valence-corrected chi connectivity index (χ2v) is 6.10. The molecule has 0 bridgehead atoms. The van der Waals surface area contributed by atoms with E-state index in [0.717, 1.165) is 5.56 Å². The third kappa shape index (κ3) is 5.42. The minimum atomic E-state index is -1.75. The first-order chi connectivity index (χ1) is 10.1. The maximum Gasteiger partial charge on any atom is 0.312 e. The normalized spacial score (nSPS) is 15.7. The van der Waals surface area contributed by atoms with Gasteiger partial charge in [-0.1, -0.05) is 30.3 Å². The Bertz CT molecular complexity index is 512. The number of nitrogens with two attached hydrogens (primary N) is 1. The zero-order chi connectivity index (χ0) is 16.9. The van der Waals surface area contributed by atoms with Crippen molar-refractivity contribution in [3.8, 4) is 0 Å². The number of hydrogen-bond acceptors (Lipinski definition) is 6. The molecule has 0 aliphatic carbocycles. The Labute approximate surface area is 129 Å². The van der Waals surface area contributed by atoms with E-state index in [1.807, 2.05) is 6.07 Å². The predicted octanol–water partition coefficient (Wildman–Crippen LogP) is 1.11. The number of benzene rings is 1. The van der Waals surface area contributed by atoms with Crippen LogP contribution in [-0.2, 0) is 16.0 Å². The highest BCUT2D eigenvalue weighted by atomic mass is 16.6. The highest BCUT2D eigenvalue weighted by Gasteiger charge is 2.39. The lowest BCUT2D eigenvalue weighted by Gasteiger charge is -2.27. The van der Waals surface area contributed by atoms with Crippen LogP contribution in [-0.4, -0.2) is 33.9 Å². The van der Waals surface area contributed by atoms with Crippen LogP contribution in [0.15, 0.2) is 30.3 Å². The minimum absolute atomic E-state index is 0.110. The van der Waals surface area contributed by atoms with Crippen LogP contribution in [0, 0.1) is 16.0 Å². The standard InChI is InChI=1S/C15H22N2O5/c1-15(2,3)22-14(19)11(12(18)13(16)17(20)21)9-10-7-5-4-6-8-10/h4-8,11-13,18H,9,16H2,1-3H3. The Morgan fingerprint density at radius 3 is 2.36 bits per heavy atom. The summed E-state index contributed by atoms with van der Waals surface area (Å²) >= 11 is 0. The molecule has 1 aromatic carbocycles. The summed E-state index contributed by atoms with van der Waals surface area (Å²) in [6.07, 6.45) is -3.27. The van der Waals surface area contributed by atoms with Gasteiger partial charge < -0.3 is 9.84 Å². The number of rotatable bonds is 6. The summed E-state index contributed by atoms with van der Waals surface area (Å²) in [5, 5.41) is 20.9. The number of aliphatic hydroxyl groups excluding tert-OH is 1. The molecule has 0 radical (unpaired) electrons. The number of aliphatic hydroxyl groups is 1. The highest BCUT2D eigenvalue weighted by Crippen LogP contribution is 2.20. The van der Waals surface area contributed by atoms with Gasteiger partial charge in [0.25, 0.3) is 6.17 Å². The van der Waals surface area contributed by atoms with Crippen LogP contribution in [0.25, 0.3) is 0 Å². The molecule has 0 saturated heterocycles. The SMILES string of the molecule is CC(C)(C)OC(=O)C(Cc1ccccc1)C(O)C(N)[N+](=O)[O-]. The molecule has 0 aliphatic heterocycles. The molecule has 0 aromatic heterocycles. The summed E-state index contributed by atoms with van der Waals surface area (Å²) in [5.74, 6) is -1.82. The molecule has 0 spiro atoms. The van der Waals surface area contributed by atoms with Crippen molar-refractivity contribution in [2.24, 2.45) is 11.7 Å². The van der Waals surface area contributed by atoms with Gasteiger partial charge in [0.05, 0.1) is 5.92 Å². The molecule has 1 aromatic rings.